The molecule has 0 bridgehead atoms. The predicted molar refractivity (Wildman–Crippen MR) is 39.7 cm³/mol. The third-order valence-electron chi connectivity index (χ3n) is 1.22. The summed E-state index contributed by atoms with van der Waals surface area (Å²) in [6, 6.07) is 5.32. The van der Waals surface area contributed by atoms with Crippen LogP contribution in [0.2, 0.25) is 0 Å². The lowest BCUT2D eigenvalue weighted by molar-refractivity contribution is 0.112. The Balaban J connectivity index is 3.20. The van der Waals surface area contributed by atoms with Crippen molar-refractivity contribution in [2.24, 2.45) is 5.73 Å². The van der Waals surface area contributed by atoms with E-state index in [-0.39, 0.29) is 6.04 Å². The van der Waals surface area contributed by atoms with Crippen LogP contribution in [0.4, 0.5) is 0 Å². The molecule has 0 atom stereocenters. The SMILES string of the molecule is [2H]c1c(C=O)cccc1CN. The van der Waals surface area contributed by atoms with Gasteiger partial charge in [0.05, 0.1) is 1.37 Å². The zero-order chi connectivity index (χ0) is 8.27. The number of carbonyl (C=O) groups excluding carboxylic acids is 1. The normalized spacial score (nSPS) is 10.7. The van der Waals surface area contributed by atoms with E-state index < -0.39 is 0 Å². The Bertz CT molecular complexity index is 273. The zero-order valence-corrected chi connectivity index (χ0v) is 5.50. The van der Waals surface area contributed by atoms with E-state index in [2.05, 4.69) is 0 Å². The summed E-state index contributed by atoms with van der Waals surface area (Å²) in [4.78, 5) is 10.3. The summed E-state index contributed by atoms with van der Waals surface area (Å²) in [7, 11) is 0. The quantitative estimate of drug-likeness (QED) is 0.615. The summed E-state index contributed by atoms with van der Waals surface area (Å²) in [6.07, 6.45) is 0.668. The van der Waals surface area contributed by atoms with E-state index in [0.717, 1.165) is 0 Å². The van der Waals surface area contributed by atoms with Gasteiger partial charge in [-0.25, -0.2) is 0 Å². The van der Waals surface area contributed by atoms with Crippen LogP contribution in [-0.4, -0.2) is 6.29 Å². The van der Waals surface area contributed by atoms with E-state index in [1.54, 1.807) is 18.2 Å². The summed E-state index contributed by atoms with van der Waals surface area (Å²) >= 11 is 0. The molecule has 0 spiro atoms. The van der Waals surface area contributed by atoms with Gasteiger partial charge in [0.15, 0.2) is 0 Å². The highest BCUT2D eigenvalue weighted by Gasteiger charge is 1.90. The van der Waals surface area contributed by atoms with Crippen molar-refractivity contribution in [2.75, 3.05) is 0 Å². The van der Waals surface area contributed by atoms with Crippen LogP contribution in [0.1, 0.15) is 17.3 Å². The minimum Gasteiger partial charge on any atom is -0.326 e. The summed E-state index contributed by atoms with van der Waals surface area (Å²) in [5.74, 6) is 0. The fraction of sp³-hybridized carbons (Fsp3) is 0.125. The second kappa shape index (κ2) is 3.13. The molecule has 1 aromatic carbocycles. The molecule has 0 saturated carbocycles. The second-order valence-electron chi connectivity index (χ2n) is 1.95. The van der Waals surface area contributed by atoms with E-state index in [1.165, 1.54) is 0 Å². The van der Waals surface area contributed by atoms with Crippen molar-refractivity contribution >= 4 is 6.29 Å². The smallest absolute Gasteiger partial charge is 0.150 e. The standard InChI is InChI=1S/C8H9NO/c9-5-7-2-1-3-8(4-7)6-10/h1-4,6H,5,9H2/i4D. The fourth-order valence-electron chi connectivity index (χ4n) is 0.724. The van der Waals surface area contributed by atoms with Gasteiger partial charge >= 0.3 is 0 Å². The molecule has 1 rings (SSSR count). The first kappa shape index (κ1) is 5.62. The maximum Gasteiger partial charge on any atom is 0.150 e. The van der Waals surface area contributed by atoms with Gasteiger partial charge in [-0.3, -0.25) is 4.79 Å². The molecule has 10 heavy (non-hydrogen) atoms. The van der Waals surface area contributed by atoms with Crippen molar-refractivity contribution in [3.05, 3.63) is 35.4 Å². The van der Waals surface area contributed by atoms with E-state index in [9.17, 15) is 4.79 Å². The molecule has 0 aliphatic rings. The van der Waals surface area contributed by atoms with Crippen molar-refractivity contribution < 1.29 is 6.17 Å². The molecule has 2 heteroatoms. The highest BCUT2D eigenvalue weighted by molar-refractivity contribution is 5.74. The van der Waals surface area contributed by atoms with Gasteiger partial charge in [0, 0.05) is 12.1 Å². The van der Waals surface area contributed by atoms with Crippen LogP contribution in [0.5, 0.6) is 0 Å². The van der Waals surface area contributed by atoms with Crippen LogP contribution in [0.25, 0.3) is 0 Å². The molecule has 0 aliphatic heterocycles. The Kier molecular flexibility index (Phi) is 1.76. The number of carbonyl (C=O) groups is 1. The Labute approximate surface area is 61.1 Å². The molecule has 0 aromatic heterocycles. The molecule has 0 saturated heterocycles. The van der Waals surface area contributed by atoms with E-state index in [0.29, 0.717) is 24.0 Å². The Morgan fingerprint density at radius 3 is 3.10 bits per heavy atom. The minimum atomic E-state index is 0.241. The second-order valence-corrected chi connectivity index (χ2v) is 1.95. The van der Waals surface area contributed by atoms with E-state index >= 15 is 0 Å². The Morgan fingerprint density at radius 2 is 2.50 bits per heavy atom. The zero-order valence-electron chi connectivity index (χ0n) is 6.50. The van der Waals surface area contributed by atoms with Gasteiger partial charge in [-0.1, -0.05) is 18.2 Å². The predicted octanol–water partition coefficient (Wildman–Crippen LogP) is 0.958. The molecule has 0 aliphatic carbocycles. The van der Waals surface area contributed by atoms with Gasteiger partial charge in [0.2, 0.25) is 0 Å². The van der Waals surface area contributed by atoms with E-state index in [4.69, 9.17) is 7.10 Å². The first-order valence-electron chi connectivity index (χ1n) is 3.53. The Morgan fingerprint density at radius 1 is 1.70 bits per heavy atom. The van der Waals surface area contributed by atoms with Crippen LogP contribution >= 0.6 is 0 Å². The number of rotatable bonds is 2. The van der Waals surface area contributed by atoms with Crippen molar-refractivity contribution in [3.63, 3.8) is 0 Å². The molecule has 2 N–H and O–H groups in total. The minimum absolute atomic E-state index is 0.241. The van der Waals surface area contributed by atoms with Crippen LogP contribution in [0.3, 0.4) is 0 Å². The topological polar surface area (TPSA) is 43.1 Å². The summed E-state index contributed by atoms with van der Waals surface area (Å²) in [5, 5.41) is 0. The van der Waals surface area contributed by atoms with Crippen molar-refractivity contribution in [1.82, 2.24) is 0 Å². The monoisotopic (exact) mass is 136 g/mol. The van der Waals surface area contributed by atoms with Crippen molar-refractivity contribution in [2.45, 2.75) is 6.54 Å². The number of nitrogens with two attached hydrogens (primary N) is 1. The van der Waals surface area contributed by atoms with Gasteiger partial charge in [0.1, 0.15) is 6.29 Å². The first-order valence-corrected chi connectivity index (χ1v) is 3.03. The van der Waals surface area contributed by atoms with E-state index in [1.807, 2.05) is 0 Å². The van der Waals surface area contributed by atoms with Crippen molar-refractivity contribution in [1.29, 1.82) is 0 Å². The molecule has 1 aromatic rings. The van der Waals surface area contributed by atoms with Crippen LogP contribution in [0.15, 0.2) is 24.2 Å². The first-order chi connectivity index (χ1) is 5.29. The van der Waals surface area contributed by atoms with Crippen LogP contribution < -0.4 is 5.73 Å². The number of hydrogen-bond donors (Lipinski definition) is 1. The lowest BCUT2D eigenvalue weighted by atomic mass is 10.1. The molecule has 0 unspecified atom stereocenters. The fourth-order valence-corrected chi connectivity index (χ4v) is 0.724. The van der Waals surface area contributed by atoms with Crippen molar-refractivity contribution in [3.8, 4) is 0 Å². The summed E-state index contributed by atoms with van der Waals surface area (Å²) in [6.45, 7) is 0.306. The molecular formula is C8H9NO. The third-order valence-corrected chi connectivity index (χ3v) is 1.22. The lowest BCUT2D eigenvalue weighted by Crippen LogP contribution is -1.96. The molecule has 0 radical (unpaired) electrons. The molecule has 0 amide bonds. The highest BCUT2D eigenvalue weighted by atomic mass is 16.1. The van der Waals surface area contributed by atoms with Gasteiger partial charge in [0.25, 0.3) is 0 Å². The largest absolute Gasteiger partial charge is 0.326 e. The molecule has 0 fully saturated rings. The maximum absolute atomic E-state index is 10.3. The maximum atomic E-state index is 10.3. The van der Waals surface area contributed by atoms with Gasteiger partial charge < -0.3 is 5.73 Å². The molecule has 2 nitrogen and oxygen atoms in total. The van der Waals surface area contributed by atoms with Gasteiger partial charge in [-0.2, -0.15) is 0 Å². The number of hydrogen-bond acceptors (Lipinski definition) is 2. The molecular weight excluding hydrogens is 126 g/mol. The highest BCUT2D eigenvalue weighted by Crippen LogP contribution is 2.00. The number of aldehydes is 1. The lowest BCUT2D eigenvalue weighted by Gasteiger charge is -1.94. The summed E-state index contributed by atoms with van der Waals surface area (Å²) in [5.41, 5.74) is 6.44. The Hall–Kier alpha value is -1.15. The molecule has 52 valence electrons. The van der Waals surface area contributed by atoms with Crippen LogP contribution in [0, 0.1) is 0 Å². The van der Waals surface area contributed by atoms with Crippen LogP contribution in [-0.2, 0) is 6.54 Å². The average molecular weight is 136 g/mol. The third kappa shape index (κ3) is 1.42. The summed E-state index contributed by atoms with van der Waals surface area (Å²) < 4.78 is 7.44. The average Bonchev–Trinajstić information content (AvgIpc) is 2.05. The van der Waals surface area contributed by atoms with Gasteiger partial charge in [-0.05, 0) is 11.6 Å². The number of benzene rings is 1. The van der Waals surface area contributed by atoms with Gasteiger partial charge in [-0.15, -0.1) is 0 Å². The molecule has 0 heterocycles.